The van der Waals surface area contributed by atoms with Crippen LogP contribution in [0.5, 0.6) is 5.75 Å². The predicted octanol–water partition coefficient (Wildman–Crippen LogP) is 3.05. The molecule has 1 N–H and O–H groups in total. The largest absolute Gasteiger partial charge is 0.490 e. The van der Waals surface area contributed by atoms with Gasteiger partial charge in [0.1, 0.15) is 11.3 Å². The predicted molar refractivity (Wildman–Crippen MR) is 108 cm³/mol. The van der Waals surface area contributed by atoms with Gasteiger partial charge in [-0.05, 0) is 62.1 Å². The molecule has 0 radical (unpaired) electrons. The third-order valence-corrected chi connectivity index (χ3v) is 5.25. The van der Waals surface area contributed by atoms with E-state index in [0.29, 0.717) is 0 Å². The van der Waals surface area contributed by atoms with Gasteiger partial charge in [-0.1, -0.05) is 6.07 Å². The normalized spacial score (nSPS) is 19.3. The van der Waals surface area contributed by atoms with Gasteiger partial charge in [0.05, 0.1) is 11.6 Å². The summed E-state index contributed by atoms with van der Waals surface area (Å²) in [6, 6.07) is 13.2. The smallest absolute Gasteiger partial charge is 0.263 e. The molecule has 6 nitrogen and oxygen atoms in total. The summed E-state index contributed by atoms with van der Waals surface area (Å²) in [6.07, 6.45) is 6.95. The first-order valence-corrected chi connectivity index (χ1v) is 9.58. The Bertz CT molecular complexity index is 1050. The summed E-state index contributed by atoms with van der Waals surface area (Å²) < 4.78 is 7.56. The molecule has 4 rings (SSSR count). The molecular weight excluding hydrogens is 354 g/mol. The van der Waals surface area contributed by atoms with Crippen molar-refractivity contribution in [2.75, 3.05) is 0 Å². The maximum Gasteiger partial charge on any atom is 0.263 e. The Morgan fingerprint density at radius 1 is 1.14 bits per heavy atom. The van der Waals surface area contributed by atoms with E-state index in [4.69, 9.17) is 4.74 Å². The Balaban J connectivity index is 1.33. The van der Waals surface area contributed by atoms with Gasteiger partial charge in [-0.3, -0.25) is 14.6 Å². The second-order valence-corrected chi connectivity index (χ2v) is 7.26. The van der Waals surface area contributed by atoms with E-state index in [-0.39, 0.29) is 29.2 Å². The van der Waals surface area contributed by atoms with Gasteiger partial charge in [-0.15, -0.1) is 0 Å². The van der Waals surface area contributed by atoms with E-state index in [1.54, 1.807) is 31.6 Å². The van der Waals surface area contributed by atoms with Crippen molar-refractivity contribution in [2.24, 2.45) is 7.05 Å². The van der Waals surface area contributed by atoms with Gasteiger partial charge in [-0.2, -0.15) is 0 Å². The summed E-state index contributed by atoms with van der Waals surface area (Å²) in [5.74, 6) is 0.549. The number of carbonyl (C=O) groups is 1. The Labute approximate surface area is 163 Å². The first kappa shape index (κ1) is 18.2. The number of pyridine rings is 2. The lowest BCUT2D eigenvalue weighted by Crippen LogP contribution is -2.41. The van der Waals surface area contributed by atoms with Crippen LogP contribution < -0.4 is 15.6 Å². The number of aromatic nitrogens is 2. The van der Waals surface area contributed by atoms with Crippen molar-refractivity contribution in [3.8, 4) is 5.75 Å². The lowest BCUT2D eigenvalue weighted by Gasteiger charge is -2.29. The zero-order valence-electron chi connectivity index (χ0n) is 15.8. The third kappa shape index (κ3) is 3.91. The summed E-state index contributed by atoms with van der Waals surface area (Å²) in [6.45, 7) is 0. The monoisotopic (exact) mass is 377 g/mol. The molecule has 1 aliphatic carbocycles. The summed E-state index contributed by atoms with van der Waals surface area (Å²) in [5, 5.41) is 4.06. The fraction of sp³-hybridized carbons (Fsp3) is 0.318. The fourth-order valence-corrected chi connectivity index (χ4v) is 3.68. The van der Waals surface area contributed by atoms with Crippen LogP contribution in [0.1, 0.15) is 36.0 Å². The van der Waals surface area contributed by atoms with Gasteiger partial charge in [0, 0.05) is 30.9 Å². The molecule has 2 aromatic heterocycles. The summed E-state index contributed by atoms with van der Waals surface area (Å²) in [4.78, 5) is 28.8. The Kier molecular flexibility index (Phi) is 5.10. The topological polar surface area (TPSA) is 73.2 Å². The SMILES string of the molecule is Cn1cccc(C(=O)NC2CCC(Oc3ccc4ncccc4c3)CC2)c1=O. The first-order chi connectivity index (χ1) is 13.6. The van der Waals surface area contributed by atoms with Gasteiger partial charge >= 0.3 is 0 Å². The van der Waals surface area contributed by atoms with Crippen molar-refractivity contribution in [3.05, 3.63) is 70.8 Å². The number of fused-ring (bicyclic) bond motifs is 1. The zero-order chi connectivity index (χ0) is 19.5. The van der Waals surface area contributed by atoms with Crippen LogP contribution in [0.25, 0.3) is 10.9 Å². The van der Waals surface area contributed by atoms with Gasteiger partial charge in [0.2, 0.25) is 0 Å². The van der Waals surface area contributed by atoms with Crippen molar-refractivity contribution in [1.29, 1.82) is 0 Å². The minimum Gasteiger partial charge on any atom is -0.490 e. The zero-order valence-corrected chi connectivity index (χ0v) is 15.8. The molecule has 0 atom stereocenters. The fourth-order valence-electron chi connectivity index (χ4n) is 3.68. The molecule has 0 bridgehead atoms. The van der Waals surface area contributed by atoms with Crippen molar-refractivity contribution in [3.63, 3.8) is 0 Å². The highest BCUT2D eigenvalue weighted by Crippen LogP contribution is 2.26. The molecular formula is C22H23N3O3. The van der Waals surface area contributed by atoms with Crippen LogP contribution in [-0.4, -0.2) is 27.6 Å². The Hall–Kier alpha value is -3.15. The van der Waals surface area contributed by atoms with Crippen molar-refractivity contribution in [2.45, 2.75) is 37.8 Å². The highest BCUT2D eigenvalue weighted by atomic mass is 16.5. The van der Waals surface area contributed by atoms with Gasteiger partial charge < -0.3 is 14.6 Å². The van der Waals surface area contributed by atoms with Crippen LogP contribution >= 0.6 is 0 Å². The van der Waals surface area contributed by atoms with E-state index in [1.165, 1.54) is 4.57 Å². The second kappa shape index (κ2) is 7.84. The Morgan fingerprint density at radius 3 is 2.79 bits per heavy atom. The number of ether oxygens (including phenoxy) is 1. The maximum absolute atomic E-state index is 12.4. The van der Waals surface area contributed by atoms with Crippen LogP contribution in [0.2, 0.25) is 0 Å². The van der Waals surface area contributed by atoms with E-state index in [2.05, 4.69) is 10.3 Å². The average Bonchev–Trinajstić information content (AvgIpc) is 2.71. The molecule has 3 aromatic rings. The van der Waals surface area contributed by atoms with Crippen LogP contribution in [0.4, 0.5) is 0 Å². The average molecular weight is 377 g/mol. The molecule has 1 fully saturated rings. The number of nitrogens with zero attached hydrogens (tertiary/aromatic N) is 2. The molecule has 28 heavy (non-hydrogen) atoms. The third-order valence-electron chi connectivity index (χ3n) is 5.25. The molecule has 1 amide bonds. The highest BCUT2D eigenvalue weighted by molar-refractivity contribution is 5.94. The summed E-state index contributed by atoms with van der Waals surface area (Å²) in [7, 11) is 1.64. The van der Waals surface area contributed by atoms with E-state index in [0.717, 1.165) is 42.3 Å². The van der Waals surface area contributed by atoms with Gasteiger partial charge in [0.15, 0.2) is 0 Å². The molecule has 0 saturated heterocycles. The summed E-state index contributed by atoms with van der Waals surface area (Å²) >= 11 is 0. The Morgan fingerprint density at radius 2 is 1.96 bits per heavy atom. The molecule has 2 heterocycles. The number of carbonyl (C=O) groups excluding carboxylic acids is 1. The number of rotatable bonds is 4. The van der Waals surface area contributed by atoms with Crippen molar-refractivity contribution in [1.82, 2.24) is 14.9 Å². The molecule has 144 valence electrons. The number of aryl methyl sites for hydroxylation is 1. The molecule has 1 aromatic carbocycles. The van der Waals surface area contributed by atoms with Crippen LogP contribution in [0, 0.1) is 0 Å². The van der Waals surface area contributed by atoms with Crippen molar-refractivity contribution >= 4 is 16.8 Å². The molecule has 1 saturated carbocycles. The molecule has 0 spiro atoms. The maximum atomic E-state index is 12.4. The van der Waals surface area contributed by atoms with Gasteiger partial charge in [0.25, 0.3) is 11.5 Å². The molecule has 6 heteroatoms. The van der Waals surface area contributed by atoms with E-state index in [9.17, 15) is 9.59 Å². The quantitative estimate of drug-likeness (QED) is 0.758. The summed E-state index contributed by atoms with van der Waals surface area (Å²) in [5.41, 5.74) is 0.865. The number of benzene rings is 1. The second-order valence-electron chi connectivity index (χ2n) is 7.26. The lowest BCUT2D eigenvalue weighted by atomic mass is 9.92. The van der Waals surface area contributed by atoms with Crippen LogP contribution in [-0.2, 0) is 7.05 Å². The minimum atomic E-state index is -0.299. The van der Waals surface area contributed by atoms with E-state index >= 15 is 0 Å². The number of amides is 1. The molecule has 0 aliphatic heterocycles. The molecule has 0 unspecified atom stereocenters. The van der Waals surface area contributed by atoms with E-state index in [1.807, 2.05) is 30.3 Å². The number of hydrogen-bond donors (Lipinski definition) is 1. The minimum absolute atomic E-state index is 0.0677. The lowest BCUT2D eigenvalue weighted by molar-refractivity contribution is 0.0892. The standard InChI is InChI=1S/C22H23N3O3/c1-25-13-3-5-19(22(25)27)21(26)24-16-6-8-17(9-7-16)28-18-10-11-20-15(14-18)4-2-12-23-20/h2-5,10-14,16-17H,6-9H2,1H3,(H,24,26). The number of hydrogen-bond acceptors (Lipinski definition) is 4. The first-order valence-electron chi connectivity index (χ1n) is 9.58. The number of nitrogens with one attached hydrogen (secondary N) is 1. The molecule has 1 aliphatic rings. The highest BCUT2D eigenvalue weighted by Gasteiger charge is 2.24. The van der Waals surface area contributed by atoms with Crippen molar-refractivity contribution < 1.29 is 9.53 Å². The van der Waals surface area contributed by atoms with E-state index < -0.39 is 0 Å². The van der Waals surface area contributed by atoms with Crippen LogP contribution in [0.3, 0.4) is 0 Å². The van der Waals surface area contributed by atoms with Gasteiger partial charge in [-0.25, -0.2) is 0 Å². The van der Waals surface area contributed by atoms with Crippen LogP contribution in [0.15, 0.2) is 59.7 Å².